The van der Waals surface area contributed by atoms with Gasteiger partial charge in [-0.05, 0) is 69.9 Å². The Bertz CT molecular complexity index is 1900. The first-order valence-electron chi connectivity index (χ1n) is 16.4. The highest BCUT2D eigenvalue weighted by atomic mass is 35.5. The molecule has 0 aliphatic carbocycles. The first-order chi connectivity index (χ1) is 23.7. The number of piperidine rings is 1. The van der Waals surface area contributed by atoms with Crippen molar-refractivity contribution in [2.24, 2.45) is 0 Å². The van der Waals surface area contributed by atoms with Crippen LogP contribution in [0.3, 0.4) is 0 Å². The Hall–Kier alpha value is -4.85. The van der Waals surface area contributed by atoms with Crippen molar-refractivity contribution in [1.82, 2.24) is 23.8 Å². The number of fused-ring (bicyclic) bond motifs is 1. The summed E-state index contributed by atoms with van der Waals surface area (Å²) >= 11 is 6.25. The van der Waals surface area contributed by atoms with Gasteiger partial charge in [0.05, 0.1) is 17.7 Å². The Morgan fingerprint density at radius 2 is 1.78 bits per heavy atom. The number of urea groups is 1. The van der Waals surface area contributed by atoms with Crippen molar-refractivity contribution in [3.8, 4) is 16.9 Å². The number of halogens is 2. The van der Waals surface area contributed by atoms with Crippen molar-refractivity contribution in [3.63, 3.8) is 0 Å². The van der Waals surface area contributed by atoms with Gasteiger partial charge < -0.3 is 29.5 Å². The topological polar surface area (TPSA) is 135 Å². The minimum absolute atomic E-state index is 0.0595. The number of rotatable bonds is 8. The molecule has 2 aliphatic rings. The molecule has 15 heteroatoms. The molecule has 2 aliphatic heterocycles. The molecule has 0 unspecified atom stereocenters. The van der Waals surface area contributed by atoms with Gasteiger partial charge in [-0.2, -0.15) is 0 Å². The third-order valence-electron chi connectivity index (χ3n) is 8.84. The summed E-state index contributed by atoms with van der Waals surface area (Å²) in [6.45, 7) is 5.69. The number of methoxy groups -OCH3 is 1. The van der Waals surface area contributed by atoms with Gasteiger partial charge in [-0.15, -0.1) is 0 Å². The van der Waals surface area contributed by atoms with E-state index in [2.05, 4.69) is 5.32 Å². The SMILES string of the molecule is COc1ccc2c(c1)CCN(C1CCN(C(=O)Cn3cc(-c4cccc(F)c4Cl)c(=O)n(CCN(C)C(=O)OC(C)(C)C)c3=O)CC1)C(=O)N2. The smallest absolute Gasteiger partial charge is 0.410 e. The fourth-order valence-electron chi connectivity index (χ4n) is 6.12. The highest BCUT2D eigenvalue weighted by molar-refractivity contribution is 6.33. The van der Waals surface area contributed by atoms with E-state index in [4.69, 9.17) is 21.1 Å². The standard InChI is InChI=1S/C35H42ClFN6O7/c1-35(2,3)50-34(48)39(4)17-18-43-31(45)26(25-7-6-8-27(37)30(25)36)20-41(33(43)47)21-29(44)40-14-12-23(13-15-40)42-16-11-22-19-24(49-5)9-10-28(22)38-32(42)46/h6-10,19-20,23H,11-18,21H2,1-5H3,(H,38,46). The first-order valence-corrected chi connectivity index (χ1v) is 16.8. The number of nitrogens with zero attached hydrogens (tertiary/aromatic N) is 5. The number of ether oxygens (including phenoxy) is 2. The van der Waals surface area contributed by atoms with Crippen LogP contribution in [0, 0.1) is 5.82 Å². The molecule has 1 fully saturated rings. The van der Waals surface area contributed by atoms with Gasteiger partial charge >= 0.3 is 17.8 Å². The zero-order valence-electron chi connectivity index (χ0n) is 28.8. The second-order valence-electron chi connectivity index (χ2n) is 13.4. The second kappa shape index (κ2) is 15.0. The molecule has 0 atom stereocenters. The molecule has 0 radical (unpaired) electrons. The fourth-order valence-corrected chi connectivity index (χ4v) is 6.35. The van der Waals surface area contributed by atoms with E-state index < -0.39 is 35.3 Å². The second-order valence-corrected chi connectivity index (χ2v) is 13.8. The van der Waals surface area contributed by atoms with Crippen LogP contribution in [0.4, 0.5) is 19.7 Å². The summed E-state index contributed by atoms with van der Waals surface area (Å²) in [6, 6.07) is 9.24. The molecule has 3 aromatic rings. The molecule has 1 saturated heterocycles. The maximum absolute atomic E-state index is 14.5. The van der Waals surface area contributed by atoms with Crippen molar-refractivity contribution < 1.29 is 28.2 Å². The summed E-state index contributed by atoms with van der Waals surface area (Å²) in [6.07, 6.45) is 2.30. The lowest BCUT2D eigenvalue weighted by molar-refractivity contribution is -0.133. The molecule has 1 aromatic heterocycles. The van der Waals surface area contributed by atoms with E-state index in [1.165, 1.54) is 30.3 Å². The third kappa shape index (κ3) is 8.12. The number of hydrogen-bond donors (Lipinski definition) is 1. The highest BCUT2D eigenvalue weighted by Gasteiger charge is 2.32. The molecule has 0 saturated carbocycles. The van der Waals surface area contributed by atoms with Crippen LogP contribution in [0.2, 0.25) is 5.02 Å². The van der Waals surface area contributed by atoms with Crippen molar-refractivity contribution in [2.75, 3.05) is 45.7 Å². The van der Waals surface area contributed by atoms with Crippen molar-refractivity contribution in [3.05, 3.63) is 79.8 Å². The highest BCUT2D eigenvalue weighted by Crippen LogP contribution is 2.29. The van der Waals surface area contributed by atoms with Crippen LogP contribution in [0.1, 0.15) is 39.2 Å². The number of carbonyl (C=O) groups is 3. The van der Waals surface area contributed by atoms with Crippen LogP contribution in [0.5, 0.6) is 5.75 Å². The van der Waals surface area contributed by atoms with Crippen LogP contribution >= 0.6 is 11.6 Å². The Morgan fingerprint density at radius 1 is 1.06 bits per heavy atom. The van der Waals surface area contributed by atoms with E-state index in [1.807, 2.05) is 12.1 Å². The largest absolute Gasteiger partial charge is 0.497 e. The van der Waals surface area contributed by atoms with Gasteiger partial charge in [-0.1, -0.05) is 23.7 Å². The molecule has 2 aromatic carbocycles. The van der Waals surface area contributed by atoms with Gasteiger partial charge in [-0.3, -0.25) is 18.7 Å². The van der Waals surface area contributed by atoms with Crippen LogP contribution in [0.25, 0.3) is 11.1 Å². The number of anilines is 1. The van der Waals surface area contributed by atoms with Gasteiger partial charge in [-0.25, -0.2) is 18.8 Å². The lowest BCUT2D eigenvalue weighted by Gasteiger charge is -2.38. The maximum Gasteiger partial charge on any atom is 0.410 e. The summed E-state index contributed by atoms with van der Waals surface area (Å²) in [5, 5.41) is 2.68. The zero-order chi connectivity index (χ0) is 36.3. The summed E-state index contributed by atoms with van der Waals surface area (Å²) < 4.78 is 27.2. The van der Waals surface area contributed by atoms with Crippen molar-refractivity contribution >= 4 is 35.3 Å². The minimum Gasteiger partial charge on any atom is -0.497 e. The van der Waals surface area contributed by atoms with E-state index in [0.29, 0.717) is 44.6 Å². The Kier molecular flexibility index (Phi) is 10.9. The Morgan fingerprint density at radius 3 is 2.46 bits per heavy atom. The molecule has 0 spiro atoms. The minimum atomic E-state index is -0.774. The van der Waals surface area contributed by atoms with E-state index >= 15 is 0 Å². The van der Waals surface area contributed by atoms with Crippen LogP contribution in [0.15, 0.2) is 52.2 Å². The van der Waals surface area contributed by atoms with Gasteiger partial charge in [0.2, 0.25) is 5.91 Å². The van der Waals surface area contributed by atoms with E-state index in [1.54, 1.807) is 43.7 Å². The van der Waals surface area contributed by atoms with Crippen LogP contribution < -0.4 is 21.3 Å². The Labute approximate surface area is 294 Å². The normalized spacial score (nSPS) is 15.2. The predicted octanol–water partition coefficient (Wildman–Crippen LogP) is 4.43. The average molecular weight is 713 g/mol. The van der Waals surface area contributed by atoms with Gasteiger partial charge in [0.1, 0.15) is 23.7 Å². The molecule has 0 bridgehead atoms. The van der Waals surface area contributed by atoms with Gasteiger partial charge in [0.15, 0.2) is 0 Å². The fraction of sp³-hybridized carbons (Fsp3) is 0.457. The number of likely N-dealkylation sites (N-methyl/N-ethyl adjacent to an activating group) is 1. The molecule has 13 nitrogen and oxygen atoms in total. The average Bonchev–Trinajstić information content (AvgIpc) is 3.24. The number of amides is 4. The molecular weight excluding hydrogens is 671 g/mol. The number of aromatic nitrogens is 2. The lowest BCUT2D eigenvalue weighted by Crippen LogP contribution is -2.51. The number of benzene rings is 2. The summed E-state index contributed by atoms with van der Waals surface area (Å²) in [4.78, 5) is 71.3. The predicted molar refractivity (Wildman–Crippen MR) is 186 cm³/mol. The van der Waals surface area contributed by atoms with Crippen LogP contribution in [-0.4, -0.2) is 93.8 Å². The van der Waals surface area contributed by atoms with Crippen LogP contribution in [-0.2, 0) is 29.0 Å². The first kappa shape index (κ1) is 36.4. The molecule has 268 valence electrons. The lowest BCUT2D eigenvalue weighted by atomic mass is 10.0. The van der Waals surface area contributed by atoms with E-state index in [-0.39, 0.29) is 47.2 Å². The quantitative estimate of drug-likeness (QED) is 0.365. The summed E-state index contributed by atoms with van der Waals surface area (Å²) in [5.74, 6) is -0.400. The molecule has 3 heterocycles. The van der Waals surface area contributed by atoms with Crippen molar-refractivity contribution in [2.45, 2.75) is 64.8 Å². The van der Waals surface area contributed by atoms with Gasteiger partial charge in [0.25, 0.3) is 5.56 Å². The zero-order valence-corrected chi connectivity index (χ0v) is 29.6. The third-order valence-corrected chi connectivity index (χ3v) is 9.23. The Balaban J connectivity index is 1.32. The number of likely N-dealkylation sites (tertiary alicyclic amines) is 1. The summed E-state index contributed by atoms with van der Waals surface area (Å²) in [7, 11) is 3.07. The number of nitrogens with one attached hydrogen (secondary N) is 1. The number of carbonyl (C=O) groups excluding carboxylic acids is 3. The molecule has 50 heavy (non-hydrogen) atoms. The van der Waals surface area contributed by atoms with Gasteiger partial charge in [0, 0.05) is 63.3 Å². The van der Waals surface area contributed by atoms with E-state index in [0.717, 1.165) is 26.5 Å². The summed E-state index contributed by atoms with van der Waals surface area (Å²) in [5.41, 5.74) is -0.568. The molecule has 5 rings (SSSR count). The molecular formula is C35H42ClFN6O7. The van der Waals surface area contributed by atoms with Crippen molar-refractivity contribution in [1.29, 1.82) is 0 Å². The molecule has 1 N–H and O–H groups in total. The monoisotopic (exact) mass is 712 g/mol. The van der Waals surface area contributed by atoms with E-state index in [9.17, 15) is 28.4 Å². The maximum atomic E-state index is 14.5. The number of hydrogen-bond acceptors (Lipinski definition) is 7. The molecule has 4 amide bonds.